The van der Waals surface area contributed by atoms with Crippen molar-refractivity contribution in [1.82, 2.24) is 24.6 Å². The van der Waals surface area contributed by atoms with Crippen LogP contribution in [0.5, 0.6) is 17.2 Å². The summed E-state index contributed by atoms with van der Waals surface area (Å²) in [5, 5.41) is 6.70. The zero-order valence-electron chi connectivity index (χ0n) is 15.5. The molecule has 1 N–H and O–H groups in total. The molecule has 0 saturated carbocycles. The molecule has 0 unspecified atom stereocenters. The second kappa shape index (κ2) is 7.50. The lowest BCUT2D eigenvalue weighted by Gasteiger charge is -2.10. The second-order valence-electron chi connectivity index (χ2n) is 6.00. The molecule has 9 nitrogen and oxygen atoms in total. The van der Waals surface area contributed by atoms with Crippen LogP contribution in [0.2, 0.25) is 0 Å². The first-order chi connectivity index (χ1) is 14.0. The summed E-state index contributed by atoms with van der Waals surface area (Å²) in [6, 6.07) is 5.79. The van der Waals surface area contributed by atoms with Gasteiger partial charge in [-0.15, -0.1) is 0 Å². The molecule has 1 amide bonds. The number of hydrogen-bond acceptors (Lipinski definition) is 7. The van der Waals surface area contributed by atoms with E-state index in [0.717, 1.165) is 0 Å². The lowest BCUT2D eigenvalue weighted by atomic mass is 10.2. The number of nitrogens with one attached hydrogen (secondary N) is 1. The fraction of sp³-hybridized carbons (Fsp3) is 0.105. The average molecular weight is 394 g/mol. The number of pyridine rings is 3. The van der Waals surface area contributed by atoms with E-state index in [2.05, 4.69) is 25.4 Å². The fourth-order valence-corrected chi connectivity index (χ4v) is 2.62. The van der Waals surface area contributed by atoms with E-state index in [1.807, 2.05) is 0 Å². The summed E-state index contributed by atoms with van der Waals surface area (Å²) < 4.78 is 25.8. The molecular formula is C19H15FN6O3. The number of halogens is 1. The van der Waals surface area contributed by atoms with Crippen molar-refractivity contribution in [3.8, 4) is 17.2 Å². The summed E-state index contributed by atoms with van der Waals surface area (Å²) in [7, 11) is 1.52. The van der Waals surface area contributed by atoms with Crippen LogP contribution in [-0.2, 0) is 0 Å². The zero-order chi connectivity index (χ0) is 20.4. The predicted octanol–water partition coefficient (Wildman–Crippen LogP) is 3.02. The normalized spacial score (nSPS) is 10.7. The maximum Gasteiger partial charge on any atom is 0.260 e. The van der Waals surface area contributed by atoms with Crippen molar-refractivity contribution in [3.05, 3.63) is 66.3 Å². The van der Waals surface area contributed by atoms with E-state index in [-0.39, 0.29) is 17.1 Å². The van der Waals surface area contributed by atoms with Gasteiger partial charge in [0.25, 0.3) is 5.91 Å². The molecule has 0 aliphatic carbocycles. The monoisotopic (exact) mass is 394 g/mol. The zero-order valence-corrected chi connectivity index (χ0v) is 15.5. The van der Waals surface area contributed by atoms with Crippen molar-refractivity contribution in [2.75, 3.05) is 12.4 Å². The van der Waals surface area contributed by atoms with Crippen LogP contribution in [0, 0.1) is 12.7 Å². The van der Waals surface area contributed by atoms with Crippen LogP contribution in [0.3, 0.4) is 0 Å². The van der Waals surface area contributed by atoms with Gasteiger partial charge >= 0.3 is 0 Å². The highest BCUT2D eigenvalue weighted by molar-refractivity contribution is 6.08. The Kier molecular flexibility index (Phi) is 4.73. The summed E-state index contributed by atoms with van der Waals surface area (Å²) in [6.45, 7) is 1.51. The Morgan fingerprint density at radius 3 is 2.79 bits per heavy atom. The van der Waals surface area contributed by atoms with E-state index in [9.17, 15) is 9.18 Å². The molecule has 0 radical (unpaired) electrons. The van der Waals surface area contributed by atoms with Crippen molar-refractivity contribution >= 4 is 17.4 Å². The summed E-state index contributed by atoms with van der Waals surface area (Å²) in [6.07, 6.45) is 5.96. The van der Waals surface area contributed by atoms with Crippen LogP contribution in [0.4, 0.5) is 10.2 Å². The second-order valence-corrected chi connectivity index (χ2v) is 6.00. The van der Waals surface area contributed by atoms with Gasteiger partial charge in [-0.05, 0) is 25.1 Å². The minimum absolute atomic E-state index is 0.179. The topological polar surface area (TPSA) is 104 Å². The smallest absolute Gasteiger partial charge is 0.260 e. The number of fused-ring (bicyclic) bond motifs is 1. The molecule has 4 rings (SSSR count). The van der Waals surface area contributed by atoms with Crippen molar-refractivity contribution in [3.63, 3.8) is 0 Å². The Labute approximate surface area is 164 Å². The number of methoxy groups -OCH3 is 1. The van der Waals surface area contributed by atoms with Gasteiger partial charge in [0.05, 0.1) is 37.0 Å². The van der Waals surface area contributed by atoms with Crippen LogP contribution in [-0.4, -0.2) is 37.6 Å². The molecule has 4 heterocycles. The third-order valence-electron chi connectivity index (χ3n) is 4.02. The third-order valence-corrected chi connectivity index (χ3v) is 4.02. The number of aryl methyl sites for hydroxylation is 1. The largest absolute Gasteiger partial charge is 0.495 e. The molecule has 0 spiro atoms. The van der Waals surface area contributed by atoms with Crippen LogP contribution in [0.15, 0.2) is 49.2 Å². The molecule has 146 valence electrons. The predicted molar refractivity (Wildman–Crippen MR) is 101 cm³/mol. The molecule has 10 heteroatoms. The first kappa shape index (κ1) is 18.3. The van der Waals surface area contributed by atoms with Gasteiger partial charge in [-0.1, -0.05) is 0 Å². The van der Waals surface area contributed by atoms with Gasteiger partial charge in [0, 0.05) is 6.07 Å². The first-order valence-corrected chi connectivity index (χ1v) is 8.48. The van der Waals surface area contributed by atoms with Crippen LogP contribution in [0.25, 0.3) is 5.65 Å². The van der Waals surface area contributed by atoms with E-state index in [0.29, 0.717) is 22.9 Å². The van der Waals surface area contributed by atoms with E-state index >= 15 is 0 Å². The summed E-state index contributed by atoms with van der Waals surface area (Å²) >= 11 is 0. The number of ether oxygens (including phenoxy) is 2. The number of nitrogens with zero attached hydrogens (tertiary/aromatic N) is 5. The fourth-order valence-electron chi connectivity index (χ4n) is 2.62. The summed E-state index contributed by atoms with van der Waals surface area (Å²) in [4.78, 5) is 25.0. The molecule has 0 aliphatic heterocycles. The van der Waals surface area contributed by atoms with Crippen molar-refractivity contribution in [2.24, 2.45) is 0 Å². The molecule has 0 atom stereocenters. The molecule has 0 aliphatic rings. The summed E-state index contributed by atoms with van der Waals surface area (Å²) in [5.74, 6) is 0.563. The number of anilines is 1. The van der Waals surface area contributed by atoms with Gasteiger partial charge in [0.15, 0.2) is 5.65 Å². The number of amides is 1. The Bertz CT molecular complexity index is 1210. The van der Waals surface area contributed by atoms with E-state index < -0.39 is 11.7 Å². The third kappa shape index (κ3) is 3.81. The minimum atomic E-state index is -0.490. The number of carbonyl (C=O) groups excluding carboxylic acids is 1. The molecule has 29 heavy (non-hydrogen) atoms. The Hall–Kier alpha value is -4.08. The number of rotatable bonds is 5. The SMILES string of the molecule is COc1cncc(Oc2cc(C(=O)Nc3ccc(F)c(C)n3)c3ncnn3c2)c1. The van der Waals surface area contributed by atoms with Gasteiger partial charge in [0.2, 0.25) is 0 Å². The molecule has 0 fully saturated rings. The van der Waals surface area contributed by atoms with Crippen LogP contribution in [0.1, 0.15) is 16.1 Å². The van der Waals surface area contributed by atoms with Gasteiger partial charge in [-0.2, -0.15) is 5.10 Å². The number of carbonyl (C=O) groups is 1. The van der Waals surface area contributed by atoms with E-state index in [4.69, 9.17) is 9.47 Å². The molecule has 0 aromatic carbocycles. The lowest BCUT2D eigenvalue weighted by Crippen LogP contribution is -2.15. The van der Waals surface area contributed by atoms with E-state index in [1.165, 1.54) is 49.3 Å². The standard InChI is InChI=1S/C19H15FN6O3/c1-11-16(20)3-4-17(24-11)25-19(27)15-6-14(9-26-18(15)22-10-23-26)29-13-5-12(28-2)7-21-8-13/h3-10H,1-2H3,(H,24,25,27). The van der Waals surface area contributed by atoms with Crippen molar-refractivity contribution < 1.29 is 18.7 Å². The molecule has 4 aromatic rings. The number of aromatic nitrogens is 5. The Morgan fingerprint density at radius 1 is 1.17 bits per heavy atom. The lowest BCUT2D eigenvalue weighted by molar-refractivity contribution is 0.102. The molecule has 0 bridgehead atoms. The minimum Gasteiger partial charge on any atom is -0.495 e. The first-order valence-electron chi connectivity index (χ1n) is 8.48. The van der Waals surface area contributed by atoms with Crippen molar-refractivity contribution in [1.29, 1.82) is 0 Å². The van der Waals surface area contributed by atoms with Gasteiger partial charge in [-0.3, -0.25) is 9.78 Å². The van der Waals surface area contributed by atoms with Gasteiger partial charge in [0.1, 0.15) is 35.2 Å². The highest BCUT2D eigenvalue weighted by Crippen LogP contribution is 2.26. The highest BCUT2D eigenvalue weighted by atomic mass is 19.1. The highest BCUT2D eigenvalue weighted by Gasteiger charge is 2.16. The number of hydrogen-bond donors (Lipinski definition) is 1. The van der Waals surface area contributed by atoms with Gasteiger partial charge < -0.3 is 14.8 Å². The van der Waals surface area contributed by atoms with Crippen molar-refractivity contribution in [2.45, 2.75) is 6.92 Å². The molecule has 4 aromatic heterocycles. The maximum atomic E-state index is 13.4. The van der Waals surface area contributed by atoms with E-state index in [1.54, 1.807) is 18.5 Å². The van der Waals surface area contributed by atoms with Crippen LogP contribution < -0.4 is 14.8 Å². The van der Waals surface area contributed by atoms with Gasteiger partial charge in [-0.25, -0.2) is 18.9 Å². The average Bonchev–Trinajstić information content (AvgIpc) is 3.19. The molecular weight excluding hydrogens is 379 g/mol. The quantitative estimate of drug-likeness (QED) is 0.555. The Morgan fingerprint density at radius 2 is 2.00 bits per heavy atom. The maximum absolute atomic E-state index is 13.4. The molecule has 0 saturated heterocycles. The summed E-state index contributed by atoms with van der Waals surface area (Å²) in [5.41, 5.74) is 0.718. The van der Waals surface area contributed by atoms with Crippen LogP contribution >= 0.6 is 0 Å². The Balaban J connectivity index is 1.66.